The molecule has 1 aromatic heterocycles. The van der Waals surface area contributed by atoms with Crippen LogP contribution in [0.2, 0.25) is 5.02 Å². The Hall–Kier alpha value is -1.13. The third-order valence-electron chi connectivity index (χ3n) is 2.12. The normalized spacial score (nSPS) is 10.2. The van der Waals surface area contributed by atoms with Gasteiger partial charge in [0.1, 0.15) is 5.69 Å². The van der Waals surface area contributed by atoms with E-state index in [1.54, 1.807) is 12.4 Å². The maximum absolute atomic E-state index is 5.97. The molecule has 2 rings (SSSR count). The first-order valence-electron chi connectivity index (χ1n) is 4.66. The maximum Gasteiger partial charge on any atom is 0.152 e. The minimum Gasteiger partial charge on any atom is -0.371 e. The van der Waals surface area contributed by atoms with Gasteiger partial charge in [-0.1, -0.05) is 27.5 Å². The van der Waals surface area contributed by atoms with Gasteiger partial charge in [-0.2, -0.15) is 0 Å². The Morgan fingerprint density at radius 2 is 2.00 bits per heavy atom. The Bertz CT molecular complexity index is 516. The van der Waals surface area contributed by atoms with Gasteiger partial charge in [-0.15, -0.1) is 0 Å². The van der Waals surface area contributed by atoms with Crippen LogP contribution in [-0.2, 0) is 0 Å². The van der Waals surface area contributed by atoms with E-state index in [-0.39, 0.29) is 0 Å². The van der Waals surface area contributed by atoms with Crippen molar-refractivity contribution in [3.8, 4) is 11.3 Å². The molecule has 3 nitrogen and oxygen atoms in total. The highest BCUT2D eigenvalue weighted by Crippen LogP contribution is 2.32. The average molecular weight is 299 g/mol. The molecule has 0 unspecified atom stereocenters. The lowest BCUT2D eigenvalue weighted by molar-refractivity contribution is 1.19. The molecule has 0 atom stereocenters. The zero-order valence-electron chi connectivity index (χ0n) is 8.54. The highest BCUT2D eigenvalue weighted by molar-refractivity contribution is 9.10. The van der Waals surface area contributed by atoms with Gasteiger partial charge in [0.05, 0.1) is 0 Å². The topological polar surface area (TPSA) is 37.8 Å². The van der Waals surface area contributed by atoms with Crippen LogP contribution < -0.4 is 5.32 Å². The molecule has 1 N–H and O–H groups in total. The Balaban J connectivity index is 2.62. The van der Waals surface area contributed by atoms with Crippen molar-refractivity contribution in [2.75, 3.05) is 12.4 Å². The van der Waals surface area contributed by atoms with Crippen molar-refractivity contribution in [1.82, 2.24) is 9.97 Å². The summed E-state index contributed by atoms with van der Waals surface area (Å²) in [4.78, 5) is 8.51. The second-order valence-electron chi connectivity index (χ2n) is 3.13. The molecule has 0 amide bonds. The van der Waals surface area contributed by atoms with E-state index in [0.717, 1.165) is 21.5 Å². The Labute approximate surface area is 107 Å². The summed E-state index contributed by atoms with van der Waals surface area (Å²) < 4.78 is 0.939. The molecule has 5 heteroatoms. The van der Waals surface area contributed by atoms with E-state index in [2.05, 4.69) is 31.2 Å². The molecule has 16 heavy (non-hydrogen) atoms. The molecule has 0 saturated heterocycles. The van der Waals surface area contributed by atoms with Gasteiger partial charge >= 0.3 is 0 Å². The monoisotopic (exact) mass is 297 g/mol. The van der Waals surface area contributed by atoms with E-state index in [1.165, 1.54) is 0 Å². The van der Waals surface area contributed by atoms with Gasteiger partial charge in [0.2, 0.25) is 0 Å². The van der Waals surface area contributed by atoms with E-state index in [9.17, 15) is 0 Å². The first-order valence-corrected chi connectivity index (χ1v) is 5.83. The van der Waals surface area contributed by atoms with Crippen molar-refractivity contribution in [3.05, 3.63) is 40.1 Å². The first-order chi connectivity index (χ1) is 7.72. The number of nitrogens with one attached hydrogen (secondary N) is 1. The number of nitrogens with zero attached hydrogens (tertiary/aromatic N) is 2. The summed E-state index contributed by atoms with van der Waals surface area (Å²) in [5.74, 6) is 0.727. The quantitative estimate of drug-likeness (QED) is 0.920. The zero-order valence-corrected chi connectivity index (χ0v) is 10.9. The van der Waals surface area contributed by atoms with Gasteiger partial charge in [-0.05, 0) is 18.2 Å². The van der Waals surface area contributed by atoms with Crippen LogP contribution in [0.4, 0.5) is 5.82 Å². The van der Waals surface area contributed by atoms with Gasteiger partial charge in [0, 0.05) is 34.5 Å². The molecule has 0 radical (unpaired) electrons. The summed E-state index contributed by atoms with van der Waals surface area (Å²) in [6, 6.07) is 5.58. The van der Waals surface area contributed by atoms with Gasteiger partial charge in [0.15, 0.2) is 5.82 Å². The number of aromatic nitrogens is 2. The SMILES string of the molecule is CNc1nccnc1-c1cc(Cl)ccc1Br. The van der Waals surface area contributed by atoms with E-state index in [0.29, 0.717) is 5.02 Å². The van der Waals surface area contributed by atoms with Crippen LogP contribution >= 0.6 is 27.5 Å². The lowest BCUT2D eigenvalue weighted by atomic mass is 10.1. The van der Waals surface area contributed by atoms with Crippen LogP contribution in [0.5, 0.6) is 0 Å². The predicted octanol–water partition coefficient (Wildman–Crippen LogP) is 3.60. The highest BCUT2D eigenvalue weighted by Gasteiger charge is 2.10. The molecule has 82 valence electrons. The van der Waals surface area contributed by atoms with Crippen molar-refractivity contribution in [2.24, 2.45) is 0 Å². The van der Waals surface area contributed by atoms with Crippen LogP contribution in [-0.4, -0.2) is 17.0 Å². The lowest BCUT2D eigenvalue weighted by Crippen LogP contribution is -1.97. The molecule has 0 aliphatic rings. The fraction of sp³-hybridized carbons (Fsp3) is 0.0909. The molecule has 0 bridgehead atoms. The Morgan fingerprint density at radius 1 is 1.25 bits per heavy atom. The molecule has 2 aromatic rings. The molecule has 0 aliphatic carbocycles. The van der Waals surface area contributed by atoms with Crippen molar-refractivity contribution < 1.29 is 0 Å². The van der Waals surface area contributed by atoms with Crippen molar-refractivity contribution in [3.63, 3.8) is 0 Å². The van der Waals surface area contributed by atoms with Crippen molar-refractivity contribution >= 4 is 33.3 Å². The largest absolute Gasteiger partial charge is 0.371 e. The smallest absolute Gasteiger partial charge is 0.152 e. The summed E-state index contributed by atoms with van der Waals surface area (Å²) >= 11 is 9.45. The first kappa shape index (κ1) is 11.4. The summed E-state index contributed by atoms with van der Waals surface area (Å²) in [7, 11) is 1.81. The number of benzene rings is 1. The molecular weight excluding hydrogens is 289 g/mol. The molecule has 0 saturated carbocycles. The molecule has 0 fully saturated rings. The Kier molecular flexibility index (Phi) is 3.41. The van der Waals surface area contributed by atoms with E-state index in [1.807, 2.05) is 25.2 Å². The number of hydrogen-bond donors (Lipinski definition) is 1. The summed E-state index contributed by atoms with van der Waals surface area (Å²) in [5.41, 5.74) is 1.70. The third kappa shape index (κ3) is 2.18. The van der Waals surface area contributed by atoms with Gasteiger partial charge in [-0.3, -0.25) is 4.98 Å². The van der Waals surface area contributed by atoms with Crippen molar-refractivity contribution in [1.29, 1.82) is 0 Å². The summed E-state index contributed by atoms with van der Waals surface area (Å²) in [6.07, 6.45) is 3.30. The second kappa shape index (κ2) is 4.80. The van der Waals surface area contributed by atoms with Crippen LogP contribution in [0.25, 0.3) is 11.3 Å². The van der Waals surface area contributed by atoms with Crippen LogP contribution in [0.15, 0.2) is 35.1 Å². The fourth-order valence-corrected chi connectivity index (χ4v) is 2.00. The number of hydrogen-bond acceptors (Lipinski definition) is 3. The van der Waals surface area contributed by atoms with Gasteiger partial charge < -0.3 is 5.32 Å². The maximum atomic E-state index is 5.97. The van der Waals surface area contributed by atoms with Gasteiger partial charge in [-0.25, -0.2) is 4.98 Å². The second-order valence-corrected chi connectivity index (χ2v) is 4.42. The minimum absolute atomic E-state index is 0.672. The Morgan fingerprint density at radius 3 is 2.75 bits per heavy atom. The number of anilines is 1. The minimum atomic E-state index is 0.672. The number of halogens is 2. The predicted molar refractivity (Wildman–Crippen MR) is 69.7 cm³/mol. The van der Waals surface area contributed by atoms with Crippen LogP contribution in [0.1, 0.15) is 0 Å². The summed E-state index contributed by atoms with van der Waals surface area (Å²) in [5, 5.41) is 3.68. The molecule has 0 spiro atoms. The highest BCUT2D eigenvalue weighted by atomic mass is 79.9. The van der Waals surface area contributed by atoms with Crippen LogP contribution in [0, 0.1) is 0 Å². The number of rotatable bonds is 2. The van der Waals surface area contributed by atoms with Crippen molar-refractivity contribution in [2.45, 2.75) is 0 Å². The molecule has 1 heterocycles. The molecule has 0 aliphatic heterocycles. The van der Waals surface area contributed by atoms with Gasteiger partial charge in [0.25, 0.3) is 0 Å². The fourth-order valence-electron chi connectivity index (χ4n) is 1.40. The molecule has 1 aromatic carbocycles. The standard InChI is InChI=1S/C11H9BrClN3/c1-14-11-10(15-4-5-16-11)8-6-7(13)2-3-9(8)12/h2-6H,1H3,(H,14,16). The average Bonchev–Trinajstić information content (AvgIpc) is 2.32. The third-order valence-corrected chi connectivity index (χ3v) is 3.05. The van der Waals surface area contributed by atoms with E-state index in [4.69, 9.17) is 11.6 Å². The lowest BCUT2D eigenvalue weighted by Gasteiger charge is -2.08. The van der Waals surface area contributed by atoms with E-state index >= 15 is 0 Å². The summed E-state index contributed by atoms with van der Waals surface area (Å²) in [6.45, 7) is 0. The van der Waals surface area contributed by atoms with E-state index < -0.39 is 0 Å². The van der Waals surface area contributed by atoms with Crippen LogP contribution in [0.3, 0.4) is 0 Å². The zero-order chi connectivity index (χ0) is 11.5. The molecular formula is C11H9BrClN3.